The van der Waals surface area contributed by atoms with Crippen LogP contribution in [0.15, 0.2) is 31.0 Å². The Labute approximate surface area is 71.3 Å². The van der Waals surface area contributed by atoms with Gasteiger partial charge in [0.2, 0.25) is 5.88 Å². The highest BCUT2D eigenvalue weighted by Crippen LogP contribution is 2.14. The van der Waals surface area contributed by atoms with Gasteiger partial charge in [0.25, 0.3) is 0 Å². The Morgan fingerprint density at radius 3 is 2.83 bits per heavy atom. The molecule has 0 aromatic carbocycles. The van der Waals surface area contributed by atoms with Gasteiger partial charge in [-0.05, 0) is 6.07 Å². The molecule has 12 heavy (non-hydrogen) atoms. The lowest BCUT2D eigenvalue weighted by molar-refractivity contribution is 0.228. The molecule has 0 aliphatic rings. The zero-order valence-corrected chi connectivity index (χ0v) is 6.90. The Hall–Kier alpha value is -1.35. The van der Waals surface area contributed by atoms with Crippen LogP contribution in [0.5, 0.6) is 5.88 Å². The first-order valence-electron chi connectivity index (χ1n) is 3.58. The van der Waals surface area contributed by atoms with Crippen LogP contribution >= 0.6 is 0 Å². The Morgan fingerprint density at radius 2 is 2.42 bits per heavy atom. The normalized spacial score (nSPS) is 12.2. The van der Waals surface area contributed by atoms with E-state index in [0.29, 0.717) is 11.4 Å². The Balaban J connectivity index is 2.84. The minimum absolute atomic E-state index is 0.537. The molecule has 1 unspecified atom stereocenters. The second-order valence-electron chi connectivity index (χ2n) is 2.31. The first kappa shape index (κ1) is 8.74. The van der Waals surface area contributed by atoms with Crippen molar-refractivity contribution < 1.29 is 9.84 Å². The lowest BCUT2D eigenvalue weighted by Crippen LogP contribution is -1.94. The highest BCUT2D eigenvalue weighted by molar-refractivity contribution is 5.21. The molecular weight excluding hydrogens is 154 g/mol. The second kappa shape index (κ2) is 3.88. The van der Waals surface area contributed by atoms with E-state index in [2.05, 4.69) is 11.6 Å². The van der Waals surface area contributed by atoms with E-state index >= 15 is 0 Å². The van der Waals surface area contributed by atoms with Gasteiger partial charge < -0.3 is 9.84 Å². The van der Waals surface area contributed by atoms with Crippen molar-refractivity contribution in [2.45, 2.75) is 6.10 Å². The van der Waals surface area contributed by atoms with Crippen molar-refractivity contribution in [1.82, 2.24) is 4.98 Å². The molecule has 0 fully saturated rings. The van der Waals surface area contributed by atoms with Crippen molar-refractivity contribution in [3.8, 4) is 5.88 Å². The van der Waals surface area contributed by atoms with E-state index in [4.69, 9.17) is 4.74 Å². The fraction of sp³-hybridized carbons (Fsp3) is 0.222. The molecule has 0 bridgehead atoms. The Bertz CT molecular complexity index is 256. The first-order valence-corrected chi connectivity index (χ1v) is 3.58. The maximum absolute atomic E-state index is 9.29. The highest BCUT2D eigenvalue weighted by Gasteiger charge is 2.02. The van der Waals surface area contributed by atoms with Gasteiger partial charge in [-0.1, -0.05) is 6.08 Å². The highest BCUT2D eigenvalue weighted by atomic mass is 16.5. The summed E-state index contributed by atoms with van der Waals surface area (Å²) in [6.07, 6.45) is 2.36. The van der Waals surface area contributed by atoms with Crippen LogP contribution in [0.1, 0.15) is 11.7 Å². The molecule has 0 aliphatic heterocycles. The summed E-state index contributed by atoms with van der Waals surface area (Å²) in [5.74, 6) is 0.537. The molecule has 0 spiro atoms. The molecule has 64 valence electrons. The minimum atomic E-state index is -0.650. The van der Waals surface area contributed by atoms with E-state index in [0.717, 1.165) is 0 Å². The SMILES string of the molecule is C=CC(O)c1ccc(OC)nc1. The summed E-state index contributed by atoms with van der Waals surface area (Å²) >= 11 is 0. The number of hydrogen-bond acceptors (Lipinski definition) is 3. The number of hydrogen-bond donors (Lipinski definition) is 1. The summed E-state index contributed by atoms with van der Waals surface area (Å²) in [6, 6.07) is 3.44. The third kappa shape index (κ3) is 1.83. The number of aromatic nitrogens is 1. The summed E-state index contributed by atoms with van der Waals surface area (Å²) in [5.41, 5.74) is 0.714. The number of methoxy groups -OCH3 is 1. The van der Waals surface area contributed by atoms with E-state index < -0.39 is 6.10 Å². The van der Waals surface area contributed by atoms with Gasteiger partial charge in [-0.25, -0.2) is 4.98 Å². The smallest absolute Gasteiger partial charge is 0.212 e. The fourth-order valence-electron chi connectivity index (χ4n) is 0.824. The van der Waals surface area contributed by atoms with Crippen LogP contribution in [0.2, 0.25) is 0 Å². The van der Waals surface area contributed by atoms with Gasteiger partial charge in [0.1, 0.15) is 0 Å². The quantitative estimate of drug-likeness (QED) is 0.686. The minimum Gasteiger partial charge on any atom is -0.481 e. The summed E-state index contributed by atoms with van der Waals surface area (Å²) < 4.78 is 4.86. The number of pyridine rings is 1. The molecule has 0 saturated carbocycles. The van der Waals surface area contributed by atoms with Crippen LogP contribution in [-0.4, -0.2) is 17.2 Å². The summed E-state index contributed by atoms with van der Waals surface area (Å²) in [4.78, 5) is 3.94. The zero-order valence-electron chi connectivity index (χ0n) is 6.90. The fourth-order valence-corrected chi connectivity index (χ4v) is 0.824. The number of aliphatic hydroxyl groups is 1. The predicted molar refractivity (Wildman–Crippen MR) is 45.9 cm³/mol. The third-order valence-electron chi connectivity index (χ3n) is 1.53. The molecule has 1 heterocycles. The number of rotatable bonds is 3. The topological polar surface area (TPSA) is 42.4 Å². The van der Waals surface area contributed by atoms with Crippen molar-refractivity contribution in [2.75, 3.05) is 7.11 Å². The molecule has 0 saturated heterocycles. The van der Waals surface area contributed by atoms with Crippen LogP contribution in [-0.2, 0) is 0 Å². The van der Waals surface area contributed by atoms with Crippen molar-refractivity contribution in [3.05, 3.63) is 36.5 Å². The lowest BCUT2D eigenvalue weighted by atomic mass is 10.2. The molecule has 0 radical (unpaired) electrons. The molecule has 0 amide bonds. The maximum atomic E-state index is 9.29. The van der Waals surface area contributed by atoms with Crippen molar-refractivity contribution in [1.29, 1.82) is 0 Å². The van der Waals surface area contributed by atoms with Gasteiger partial charge in [0.15, 0.2) is 0 Å². The Morgan fingerprint density at radius 1 is 1.67 bits per heavy atom. The molecule has 3 heteroatoms. The van der Waals surface area contributed by atoms with Crippen LogP contribution < -0.4 is 4.74 Å². The van der Waals surface area contributed by atoms with Gasteiger partial charge in [0.05, 0.1) is 13.2 Å². The molecule has 1 aromatic heterocycles. The standard InChI is InChI=1S/C9H11NO2/c1-3-8(11)7-4-5-9(12-2)10-6-7/h3-6,8,11H,1H2,2H3. The molecular formula is C9H11NO2. The van der Waals surface area contributed by atoms with Crippen LogP contribution in [0, 0.1) is 0 Å². The zero-order chi connectivity index (χ0) is 8.97. The molecule has 1 N–H and O–H groups in total. The van der Waals surface area contributed by atoms with Crippen LogP contribution in [0.4, 0.5) is 0 Å². The second-order valence-corrected chi connectivity index (χ2v) is 2.31. The van der Waals surface area contributed by atoms with Gasteiger partial charge in [0, 0.05) is 17.8 Å². The van der Waals surface area contributed by atoms with E-state index in [1.54, 1.807) is 25.4 Å². The summed E-state index contributed by atoms with van der Waals surface area (Å²) in [7, 11) is 1.55. The van der Waals surface area contributed by atoms with Gasteiger partial charge >= 0.3 is 0 Å². The average Bonchev–Trinajstić information content (AvgIpc) is 2.17. The van der Waals surface area contributed by atoms with E-state index in [-0.39, 0.29) is 0 Å². The van der Waals surface area contributed by atoms with E-state index in [1.807, 2.05) is 0 Å². The van der Waals surface area contributed by atoms with Crippen LogP contribution in [0.25, 0.3) is 0 Å². The first-order chi connectivity index (χ1) is 5.77. The number of nitrogens with zero attached hydrogens (tertiary/aromatic N) is 1. The molecule has 1 atom stereocenters. The number of ether oxygens (including phenoxy) is 1. The third-order valence-corrected chi connectivity index (χ3v) is 1.53. The molecule has 1 aromatic rings. The van der Waals surface area contributed by atoms with Gasteiger partial charge in [-0.15, -0.1) is 6.58 Å². The molecule has 0 aliphatic carbocycles. The van der Waals surface area contributed by atoms with Crippen LogP contribution in [0.3, 0.4) is 0 Å². The van der Waals surface area contributed by atoms with E-state index in [1.165, 1.54) is 6.08 Å². The van der Waals surface area contributed by atoms with Crippen molar-refractivity contribution in [3.63, 3.8) is 0 Å². The van der Waals surface area contributed by atoms with Crippen molar-refractivity contribution in [2.24, 2.45) is 0 Å². The summed E-state index contributed by atoms with van der Waals surface area (Å²) in [6.45, 7) is 3.47. The lowest BCUT2D eigenvalue weighted by Gasteiger charge is -2.04. The van der Waals surface area contributed by atoms with Gasteiger partial charge in [-0.3, -0.25) is 0 Å². The monoisotopic (exact) mass is 165 g/mol. The Kier molecular flexibility index (Phi) is 2.82. The average molecular weight is 165 g/mol. The van der Waals surface area contributed by atoms with Crippen molar-refractivity contribution >= 4 is 0 Å². The van der Waals surface area contributed by atoms with E-state index in [9.17, 15) is 5.11 Å². The predicted octanol–water partition coefficient (Wildman–Crippen LogP) is 1.31. The molecule has 1 rings (SSSR count). The number of aliphatic hydroxyl groups excluding tert-OH is 1. The largest absolute Gasteiger partial charge is 0.481 e. The maximum Gasteiger partial charge on any atom is 0.212 e. The summed E-state index contributed by atoms with van der Waals surface area (Å²) in [5, 5.41) is 9.29. The molecule has 3 nitrogen and oxygen atoms in total. The van der Waals surface area contributed by atoms with Gasteiger partial charge in [-0.2, -0.15) is 0 Å².